The van der Waals surface area contributed by atoms with Gasteiger partial charge in [0, 0.05) is 10.9 Å². The normalized spacial score (nSPS) is 19.7. The van der Waals surface area contributed by atoms with Crippen LogP contribution < -0.4 is 11.3 Å². The van der Waals surface area contributed by atoms with Crippen LogP contribution in [0.15, 0.2) is 12.1 Å². The molecule has 102 valence electrons. The van der Waals surface area contributed by atoms with Gasteiger partial charge in [0.1, 0.15) is 0 Å². The first-order valence-corrected chi connectivity index (χ1v) is 8.17. The van der Waals surface area contributed by atoms with Gasteiger partial charge in [0.15, 0.2) is 0 Å². The van der Waals surface area contributed by atoms with Crippen LogP contribution in [-0.4, -0.2) is 6.04 Å². The van der Waals surface area contributed by atoms with Gasteiger partial charge in [0.05, 0.1) is 4.34 Å². The Morgan fingerprint density at radius 1 is 1.28 bits per heavy atom. The lowest BCUT2D eigenvalue weighted by molar-refractivity contribution is 0.353. The molecule has 2 rings (SSSR count). The lowest BCUT2D eigenvalue weighted by Gasteiger charge is -2.21. The van der Waals surface area contributed by atoms with Crippen molar-refractivity contribution >= 4 is 22.9 Å². The van der Waals surface area contributed by atoms with Crippen molar-refractivity contribution in [1.29, 1.82) is 0 Å². The Bertz CT molecular complexity index is 345. The number of halogens is 1. The van der Waals surface area contributed by atoms with Crippen LogP contribution in [0.25, 0.3) is 0 Å². The topological polar surface area (TPSA) is 38.0 Å². The van der Waals surface area contributed by atoms with Crippen molar-refractivity contribution in [3.05, 3.63) is 21.3 Å². The minimum absolute atomic E-state index is 0.391. The zero-order chi connectivity index (χ0) is 12.8. The molecule has 0 saturated heterocycles. The molecule has 1 aliphatic carbocycles. The fraction of sp³-hybridized carbons (Fsp3) is 0.714. The molecule has 1 aliphatic rings. The summed E-state index contributed by atoms with van der Waals surface area (Å²) >= 11 is 7.63. The smallest absolute Gasteiger partial charge is 0.0931 e. The van der Waals surface area contributed by atoms with Gasteiger partial charge in [0.2, 0.25) is 0 Å². The first-order chi connectivity index (χ1) is 8.78. The number of hydrogen-bond acceptors (Lipinski definition) is 3. The summed E-state index contributed by atoms with van der Waals surface area (Å²) in [4.78, 5) is 1.33. The Balaban J connectivity index is 1.84. The molecule has 0 spiro atoms. The molecule has 1 fully saturated rings. The molecule has 1 atom stereocenters. The second-order valence-corrected chi connectivity index (χ2v) is 7.17. The molecule has 18 heavy (non-hydrogen) atoms. The van der Waals surface area contributed by atoms with Gasteiger partial charge in [0.25, 0.3) is 0 Å². The van der Waals surface area contributed by atoms with E-state index < -0.39 is 0 Å². The number of nitrogens with two attached hydrogens (primary N) is 1. The maximum Gasteiger partial charge on any atom is 0.0931 e. The third kappa shape index (κ3) is 4.54. The minimum atomic E-state index is 0.391. The number of thiophene rings is 1. The molecule has 1 saturated carbocycles. The van der Waals surface area contributed by atoms with E-state index in [4.69, 9.17) is 17.4 Å². The first-order valence-electron chi connectivity index (χ1n) is 6.98. The second-order valence-electron chi connectivity index (χ2n) is 5.37. The van der Waals surface area contributed by atoms with Crippen molar-refractivity contribution in [2.45, 2.75) is 57.4 Å². The maximum atomic E-state index is 5.97. The Kier molecular flexibility index (Phi) is 5.96. The molecule has 0 bridgehead atoms. The largest absolute Gasteiger partial charge is 0.271 e. The van der Waals surface area contributed by atoms with Crippen LogP contribution in [0.1, 0.15) is 49.8 Å². The van der Waals surface area contributed by atoms with E-state index in [-0.39, 0.29) is 0 Å². The van der Waals surface area contributed by atoms with Gasteiger partial charge in [-0.2, -0.15) is 0 Å². The van der Waals surface area contributed by atoms with Crippen LogP contribution in [0.3, 0.4) is 0 Å². The van der Waals surface area contributed by atoms with Crippen LogP contribution >= 0.6 is 22.9 Å². The lowest BCUT2D eigenvalue weighted by Crippen LogP contribution is -2.38. The predicted molar refractivity (Wildman–Crippen MR) is 80.0 cm³/mol. The van der Waals surface area contributed by atoms with Crippen molar-refractivity contribution in [3.8, 4) is 0 Å². The fourth-order valence-electron chi connectivity index (χ4n) is 2.92. The summed E-state index contributed by atoms with van der Waals surface area (Å²) in [6, 6.07) is 4.48. The first kappa shape index (κ1) is 14.3. The van der Waals surface area contributed by atoms with E-state index >= 15 is 0 Å². The molecule has 1 aromatic rings. The minimum Gasteiger partial charge on any atom is -0.271 e. The van der Waals surface area contributed by atoms with Crippen molar-refractivity contribution in [1.82, 2.24) is 5.43 Å². The van der Waals surface area contributed by atoms with E-state index in [2.05, 4.69) is 11.5 Å². The number of rotatable bonds is 5. The highest BCUT2D eigenvalue weighted by Crippen LogP contribution is 2.28. The molecule has 0 aromatic carbocycles. The van der Waals surface area contributed by atoms with Crippen molar-refractivity contribution < 1.29 is 0 Å². The van der Waals surface area contributed by atoms with Crippen LogP contribution in [0.2, 0.25) is 4.34 Å². The Morgan fingerprint density at radius 2 is 2.00 bits per heavy atom. The zero-order valence-corrected chi connectivity index (χ0v) is 12.4. The standard InChI is InChI=1S/C14H23ClN2S/c15-14-8-7-13(18-14)10-12(17-16)9-11-5-3-1-2-4-6-11/h7-8,11-12,17H,1-6,9-10,16H2. The van der Waals surface area contributed by atoms with Crippen LogP contribution in [0.5, 0.6) is 0 Å². The Morgan fingerprint density at radius 3 is 2.56 bits per heavy atom. The molecular weight excluding hydrogens is 264 g/mol. The van der Waals surface area contributed by atoms with E-state index in [0.29, 0.717) is 6.04 Å². The fourth-order valence-corrected chi connectivity index (χ4v) is 4.08. The summed E-state index contributed by atoms with van der Waals surface area (Å²) in [6.45, 7) is 0. The summed E-state index contributed by atoms with van der Waals surface area (Å²) in [5, 5.41) is 0. The number of hydrazine groups is 1. The molecule has 0 amide bonds. The molecule has 1 aromatic heterocycles. The van der Waals surface area contributed by atoms with Gasteiger partial charge in [-0.3, -0.25) is 11.3 Å². The quantitative estimate of drug-likeness (QED) is 0.485. The van der Waals surface area contributed by atoms with Gasteiger partial charge < -0.3 is 0 Å². The molecular formula is C14H23ClN2S. The van der Waals surface area contributed by atoms with E-state index in [0.717, 1.165) is 16.7 Å². The van der Waals surface area contributed by atoms with Crippen molar-refractivity contribution in [2.24, 2.45) is 11.8 Å². The third-order valence-electron chi connectivity index (χ3n) is 3.90. The van der Waals surface area contributed by atoms with Crippen molar-refractivity contribution in [3.63, 3.8) is 0 Å². The van der Waals surface area contributed by atoms with Crippen LogP contribution in [0, 0.1) is 5.92 Å². The van der Waals surface area contributed by atoms with E-state index in [9.17, 15) is 0 Å². The SMILES string of the molecule is NNC(Cc1ccc(Cl)s1)CC1CCCCCC1. The average Bonchev–Trinajstić information content (AvgIpc) is 2.63. The van der Waals surface area contributed by atoms with Gasteiger partial charge in [-0.15, -0.1) is 11.3 Å². The molecule has 0 radical (unpaired) electrons. The summed E-state index contributed by atoms with van der Waals surface area (Å²) in [7, 11) is 0. The molecule has 2 nitrogen and oxygen atoms in total. The van der Waals surface area contributed by atoms with Gasteiger partial charge in [-0.05, 0) is 30.9 Å². The number of hydrogen-bond donors (Lipinski definition) is 2. The third-order valence-corrected chi connectivity index (χ3v) is 5.16. The molecule has 4 heteroatoms. The number of nitrogens with one attached hydrogen (secondary N) is 1. The van der Waals surface area contributed by atoms with Crippen molar-refractivity contribution in [2.75, 3.05) is 0 Å². The van der Waals surface area contributed by atoms with Crippen LogP contribution in [0.4, 0.5) is 0 Å². The van der Waals surface area contributed by atoms with E-state index in [1.807, 2.05) is 6.07 Å². The molecule has 1 heterocycles. The Labute approximate surface area is 119 Å². The highest BCUT2D eigenvalue weighted by Gasteiger charge is 2.18. The maximum absolute atomic E-state index is 5.97. The molecule has 0 aliphatic heterocycles. The molecule has 1 unspecified atom stereocenters. The highest BCUT2D eigenvalue weighted by molar-refractivity contribution is 7.16. The Hall–Kier alpha value is -0.0900. The van der Waals surface area contributed by atoms with Gasteiger partial charge >= 0.3 is 0 Å². The highest BCUT2D eigenvalue weighted by atomic mass is 35.5. The monoisotopic (exact) mass is 286 g/mol. The summed E-state index contributed by atoms with van der Waals surface area (Å²) in [6.07, 6.45) is 10.6. The average molecular weight is 287 g/mol. The second kappa shape index (κ2) is 7.49. The summed E-state index contributed by atoms with van der Waals surface area (Å²) < 4.78 is 0.871. The summed E-state index contributed by atoms with van der Waals surface area (Å²) in [5.41, 5.74) is 2.99. The summed E-state index contributed by atoms with van der Waals surface area (Å²) in [5.74, 6) is 6.56. The zero-order valence-electron chi connectivity index (χ0n) is 10.8. The van der Waals surface area contributed by atoms with Crippen LogP contribution in [-0.2, 0) is 6.42 Å². The molecule has 3 N–H and O–H groups in total. The van der Waals surface area contributed by atoms with E-state index in [1.165, 1.54) is 49.8 Å². The van der Waals surface area contributed by atoms with Gasteiger partial charge in [-0.25, -0.2) is 0 Å². The van der Waals surface area contributed by atoms with Gasteiger partial charge in [-0.1, -0.05) is 50.1 Å². The lowest BCUT2D eigenvalue weighted by atomic mass is 9.91. The van der Waals surface area contributed by atoms with E-state index in [1.54, 1.807) is 11.3 Å². The predicted octanol–water partition coefficient (Wildman–Crippen LogP) is 4.14.